The van der Waals surface area contributed by atoms with Gasteiger partial charge in [0, 0.05) is 0 Å². The molecule has 5 heteroatoms. The van der Waals surface area contributed by atoms with Crippen LogP contribution in [0.25, 0.3) is 0 Å². The van der Waals surface area contributed by atoms with Crippen molar-refractivity contribution in [3.8, 4) is 0 Å². The van der Waals surface area contributed by atoms with Gasteiger partial charge < -0.3 is 4.74 Å². The van der Waals surface area contributed by atoms with Crippen molar-refractivity contribution in [2.75, 3.05) is 6.61 Å². The fourth-order valence-electron chi connectivity index (χ4n) is 2.43. The number of imide groups is 1. The minimum atomic E-state index is -0.533. The highest BCUT2D eigenvalue weighted by atomic mass is 79.9. The van der Waals surface area contributed by atoms with Crippen LogP contribution >= 0.6 is 15.9 Å². The van der Waals surface area contributed by atoms with Crippen LogP contribution in [-0.2, 0) is 16.0 Å². The van der Waals surface area contributed by atoms with E-state index >= 15 is 0 Å². The average Bonchev–Trinajstić information content (AvgIpc) is 2.79. The summed E-state index contributed by atoms with van der Waals surface area (Å²) < 4.78 is 5.07. The first-order chi connectivity index (χ1) is 9.99. The minimum absolute atomic E-state index is 0.202. The molecule has 2 atom stereocenters. The first kappa shape index (κ1) is 16.0. The predicted octanol–water partition coefficient (Wildman–Crippen LogP) is 3.39. The van der Waals surface area contributed by atoms with Crippen molar-refractivity contribution in [2.45, 2.75) is 37.6 Å². The van der Waals surface area contributed by atoms with Crippen molar-refractivity contribution in [3.05, 3.63) is 35.9 Å². The lowest BCUT2D eigenvalue weighted by Crippen LogP contribution is -2.44. The highest BCUT2D eigenvalue weighted by Gasteiger charge is 2.40. The van der Waals surface area contributed by atoms with Crippen molar-refractivity contribution in [3.63, 3.8) is 0 Å². The first-order valence-corrected chi connectivity index (χ1v) is 8.08. The van der Waals surface area contributed by atoms with Crippen LogP contribution in [0.15, 0.2) is 30.3 Å². The van der Waals surface area contributed by atoms with Gasteiger partial charge in [-0.05, 0) is 24.3 Å². The first-order valence-electron chi connectivity index (χ1n) is 7.17. The van der Waals surface area contributed by atoms with Gasteiger partial charge in [-0.1, -0.05) is 60.1 Å². The van der Waals surface area contributed by atoms with Crippen LogP contribution in [0.1, 0.15) is 25.8 Å². The Bertz CT molecular complexity index is 504. The number of carbonyl (C=O) groups is 2. The van der Waals surface area contributed by atoms with E-state index in [4.69, 9.17) is 4.74 Å². The number of carbonyl (C=O) groups excluding carboxylic acids is 2. The van der Waals surface area contributed by atoms with Crippen molar-refractivity contribution < 1.29 is 14.3 Å². The van der Waals surface area contributed by atoms with E-state index in [0.29, 0.717) is 18.8 Å². The lowest BCUT2D eigenvalue weighted by Gasteiger charge is -2.23. The van der Waals surface area contributed by atoms with Gasteiger partial charge in [0.25, 0.3) is 0 Å². The Hall–Kier alpha value is -1.36. The van der Waals surface area contributed by atoms with Gasteiger partial charge in [-0.3, -0.25) is 4.79 Å². The largest absolute Gasteiger partial charge is 0.447 e. The van der Waals surface area contributed by atoms with Crippen LogP contribution in [0.4, 0.5) is 4.79 Å². The molecule has 1 aromatic rings. The number of rotatable bonds is 5. The summed E-state index contributed by atoms with van der Waals surface area (Å²) in [6.07, 6.45) is 0.787. The molecule has 0 saturated carbocycles. The predicted molar refractivity (Wildman–Crippen MR) is 84.3 cm³/mol. The minimum Gasteiger partial charge on any atom is -0.447 e. The monoisotopic (exact) mass is 353 g/mol. The van der Waals surface area contributed by atoms with Gasteiger partial charge in [0.15, 0.2) is 0 Å². The molecular weight excluding hydrogens is 334 g/mol. The number of ether oxygens (including phenoxy) is 1. The summed E-state index contributed by atoms with van der Waals surface area (Å²) in [5, 5.41) is 0. The maximum Gasteiger partial charge on any atom is 0.417 e. The average molecular weight is 354 g/mol. The quantitative estimate of drug-likeness (QED) is 0.762. The molecule has 1 saturated heterocycles. The van der Waals surface area contributed by atoms with Gasteiger partial charge >= 0.3 is 6.09 Å². The molecule has 0 spiro atoms. The van der Waals surface area contributed by atoms with E-state index in [9.17, 15) is 9.59 Å². The molecule has 0 aromatic heterocycles. The molecule has 1 aromatic carbocycles. The van der Waals surface area contributed by atoms with Crippen LogP contribution in [0.2, 0.25) is 0 Å². The number of halogens is 1. The van der Waals surface area contributed by atoms with Gasteiger partial charge in [-0.15, -0.1) is 0 Å². The Morgan fingerprint density at radius 3 is 2.67 bits per heavy atom. The smallest absolute Gasteiger partial charge is 0.417 e. The van der Waals surface area contributed by atoms with Crippen LogP contribution < -0.4 is 0 Å². The molecule has 1 aliphatic rings. The summed E-state index contributed by atoms with van der Waals surface area (Å²) >= 11 is 3.40. The lowest BCUT2D eigenvalue weighted by atomic mass is 10.0. The second kappa shape index (κ2) is 7.07. The number of hydrogen-bond acceptors (Lipinski definition) is 3. The Labute approximate surface area is 133 Å². The molecule has 1 aliphatic heterocycles. The van der Waals surface area contributed by atoms with Gasteiger partial charge in [-0.2, -0.15) is 0 Å². The molecule has 0 unspecified atom stereocenters. The Morgan fingerprint density at radius 1 is 1.38 bits per heavy atom. The van der Waals surface area contributed by atoms with Crippen LogP contribution in [0.5, 0.6) is 0 Å². The molecular formula is C16H20BrNO3. The number of amides is 2. The fraction of sp³-hybridized carbons (Fsp3) is 0.500. The van der Waals surface area contributed by atoms with Gasteiger partial charge in [-0.25, -0.2) is 9.69 Å². The van der Waals surface area contributed by atoms with Crippen molar-refractivity contribution in [1.29, 1.82) is 0 Å². The highest BCUT2D eigenvalue weighted by Crippen LogP contribution is 2.23. The zero-order chi connectivity index (χ0) is 15.4. The number of hydrogen-bond donors (Lipinski definition) is 0. The molecule has 21 heavy (non-hydrogen) atoms. The normalized spacial score (nSPS) is 19.7. The van der Waals surface area contributed by atoms with E-state index in [1.807, 2.05) is 44.2 Å². The summed E-state index contributed by atoms with van der Waals surface area (Å²) in [5.41, 5.74) is 1.09. The van der Waals surface area contributed by atoms with Crippen LogP contribution in [0, 0.1) is 5.92 Å². The van der Waals surface area contributed by atoms with Crippen LogP contribution in [-0.4, -0.2) is 34.4 Å². The zero-order valence-corrected chi connectivity index (χ0v) is 13.9. The van der Waals surface area contributed by atoms with Crippen molar-refractivity contribution in [1.82, 2.24) is 4.90 Å². The van der Waals surface area contributed by atoms with Crippen LogP contribution in [0.3, 0.4) is 0 Å². The summed E-state index contributed by atoms with van der Waals surface area (Å²) in [6.45, 7) is 4.36. The molecule has 0 bridgehead atoms. The Balaban J connectivity index is 2.08. The van der Waals surface area contributed by atoms with Gasteiger partial charge in [0.1, 0.15) is 6.61 Å². The molecule has 0 radical (unpaired) electrons. The van der Waals surface area contributed by atoms with E-state index in [-0.39, 0.29) is 23.4 Å². The second-order valence-corrected chi connectivity index (χ2v) is 6.83. The third kappa shape index (κ3) is 4.06. The fourth-order valence-corrected chi connectivity index (χ4v) is 3.40. The number of benzene rings is 1. The van der Waals surface area contributed by atoms with Gasteiger partial charge in [0.2, 0.25) is 5.91 Å². The number of alkyl halides is 1. The van der Waals surface area contributed by atoms with E-state index in [0.717, 1.165) is 5.56 Å². The summed E-state index contributed by atoms with van der Waals surface area (Å²) in [4.78, 5) is 25.3. The van der Waals surface area contributed by atoms with E-state index in [1.54, 1.807) is 0 Å². The Morgan fingerprint density at radius 2 is 2.05 bits per heavy atom. The third-order valence-electron chi connectivity index (χ3n) is 3.46. The molecule has 0 N–H and O–H groups in total. The molecule has 114 valence electrons. The maximum absolute atomic E-state index is 12.5. The molecule has 0 aliphatic carbocycles. The van der Waals surface area contributed by atoms with Crippen molar-refractivity contribution in [2.24, 2.45) is 5.92 Å². The SMILES string of the molecule is CC(C)C[C@H](Br)C(=O)N1C(=O)OC[C@@H]1Cc1ccccc1. The second-order valence-electron chi connectivity index (χ2n) is 5.73. The molecule has 4 nitrogen and oxygen atoms in total. The highest BCUT2D eigenvalue weighted by molar-refractivity contribution is 9.10. The topological polar surface area (TPSA) is 46.6 Å². The molecule has 2 rings (SSSR count). The Kier molecular flexibility index (Phi) is 5.39. The molecule has 2 amide bonds. The summed E-state index contributed by atoms with van der Waals surface area (Å²) in [6, 6.07) is 9.60. The standard InChI is InChI=1S/C16H20BrNO3/c1-11(2)8-14(17)15(19)18-13(10-21-16(18)20)9-12-6-4-3-5-7-12/h3-7,11,13-14H,8-10H2,1-2H3/t13-,14-/m0/s1. The maximum atomic E-state index is 12.5. The third-order valence-corrected chi connectivity index (χ3v) is 4.22. The summed E-state index contributed by atoms with van der Waals surface area (Å²) in [5.74, 6) is 0.177. The summed E-state index contributed by atoms with van der Waals surface area (Å²) in [7, 11) is 0. The van der Waals surface area contributed by atoms with Crippen molar-refractivity contribution >= 4 is 27.9 Å². The zero-order valence-electron chi connectivity index (χ0n) is 12.3. The van der Waals surface area contributed by atoms with E-state index in [1.165, 1.54) is 4.90 Å². The molecule has 1 fully saturated rings. The lowest BCUT2D eigenvalue weighted by molar-refractivity contribution is -0.128. The van der Waals surface area contributed by atoms with Gasteiger partial charge in [0.05, 0.1) is 10.9 Å². The van der Waals surface area contributed by atoms with E-state index < -0.39 is 6.09 Å². The number of nitrogens with zero attached hydrogens (tertiary/aromatic N) is 1. The number of cyclic esters (lactones) is 1. The molecule has 1 heterocycles. The van der Waals surface area contributed by atoms with E-state index in [2.05, 4.69) is 15.9 Å².